The average Bonchev–Trinajstić information content (AvgIpc) is 2.34. The lowest BCUT2D eigenvalue weighted by molar-refractivity contribution is 0.353. The highest BCUT2D eigenvalue weighted by atomic mass is 16.5. The molecule has 0 spiro atoms. The summed E-state index contributed by atoms with van der Waals surface area (Å²) in [7, 11) is 0. The SMILES string of the molecule is [CH2]COc1ccc(Oc2ccccc2)c(O)c1. The van der Waals surface area contributed by atoms with Crippen LogP contribution in [0.5, 0.6) is 23.0 Å². The number of hydrogen-bond donors (Lipinski definition) is 1. The van der Waals surface area contributed by atoms with Gasteiger partial charge in [0.2, 0.25) is 0 Å². The van der Waals surface area contributed by atoms with Gasteiger partial charge in [0.25, 0.3) is 0 Å². The first-order valence-electron chi connectivity index (χ1n) is 5.27. The fourth-order valence-corrected chi connectivity index (χ4v) is 1.41. The summed E-state index contributed by atoms with van der Waals surface area (Å²) in [5, 5.41) is 9.75. The molecule has 0 unspecified atom stereocenters. The molecule has 3 nitrogen and oxygen atoms in total. The number of aromatic hydroxyl groups is 1. The molecule has 1 radical (unpaired) electrons. The Balaban J connectivity index is 2.17. The van der Waals surface area contributed by atoms with Crippen molar-refractivity contribution in [3.05, 3.63) is 55.5 Å². The molecular weight excluding hydrogens is 216 g/mol. The van der Waals surface area contributed by atoms with Gasteiger partial charge < -0.3 is 14.6 Å². The number of rotatable bonds is 4. The quantitative estimate of drug-likeness (QED) is 0.873. The Labute approximate surface area is 100 Å². The minimum atomic E-state index is 0.0415. The van der Waals surface area contributed by atoms with Crippen LogP contribution in [0, 0.1) is 6.92 Å². The minimum absolute atomic E-state index is 0.0415. The summed E-state index contributed by atoms with van der Waals surface area (Å²) in [4.78, 5) is 0. The molecule has 0 bridgehead atoms. The maximum atomic E-state index is 9.75. The largest absolute Gasteiger partial charge is 0.504 e. The lowest BCUT2D eigenvalue weighted by Crippen LogP contribution is -1.92. The molecule has 3 heteroatoms. The van der Waals surface area contributed by atoms with E-state index in [9.17, 15) is 5.11 Å². The molecule has 2 aromatic rings. The van der Waals surface area contributed by atoms with E-state index < -0.39 is 0 Å². The van der Waals surface area contributed by atoms with Crippen molar-refractivity contribution in [3.8, 4) is 23.0 Å². The maximum Gasteiger partial charge on any atom is 0.169 e. The van der Waals surface area contributed by atoms with E-state index in [1.807, 2.05) is 30.3 Å². The topological polar surface area (TPSA) is 38.7 Å². The number of benzene rings is 2. The first-order valence-corrected chi connectivity index (χ1v) is 5.27. The van der Waals surface area contributed by atoms with Gasteiger partial charge >= 0.3 is 0 Å². The predicted molar refractivity (Wildman–Crippen MR) is 65.5 cm³/mol. The van der Waals surface area contributed by atoms with Crippen LogP contribution in [-0.4, -0.2) is 11.7 Å². The summed E-state index contributed by atoms with van der Waals surface area (Å²) in [6.45, 7) is 3.88. The molecule has 2 rings (SSSR count). The Morgan fingerprint density at radius 1 is 1.00 bits per heavy atom. The molecule has 0 aliphatic heterocycles. The van der Waals surface area contributed by atoms with Crippen molar-refractivity contribution >= 4 is 0 Å². The van der Waals surface area contributed by atoms with Crippen LogP contribution in [0.25, 0.3) is 0 Å². The van der Waals surface area contributed by atoms with Crippen LogP contribution < -0.4 is 9.47 Å². The van der Waals surface area contributed by atoms with Crippen LogP contribution in [0.4, 0.5) is 0 Å². The van der Waals surface area contributed by atoms with E-state index in [1.165, 1.54) is 6.07 Å². The van der Waals surface area contributed by atoms with Gasteiger partial charge in [0.15, 0.2) is 11.5 Å². The minimum Gasteiger partial charge on any atom is -0.504 e. The summed E-state index contributed by atoms with van der Waals surface area (Å²) in [6, 6.07) is 14.2. The van der Waals surface area contributed by atoms with E-state index in [4.69, 9.17) is 9.47 Å². The number of phenols is 1. The van der Waals surface area contributed by atoms with Crippen LogP contribution >= 0.6 is 0 Å². The highest BCUT2D eigenvalue weighted by Gasteiger charge is 2.05. The van der Waals surface area contributed by atoms with Crippen molar-refractivity contribution in [2.24, 2.45) is 0 Å². The third-order valence-electron chi connectivity index (χ3n) is 2.17. The van der Waals surface area contributed by atoms with Crippen LogP contribution in [0.3, 0.4) is 0 Å². The molecule has 0 saturated heterocycles. The maximum absolute atomic E-state index is 9.75. The molecule has 17 heavy (non-hydrogen) atoms. The lowest BCUT2D eigenvalue weighted by Gasteiger charge is -2.09. The lowest BCUT2D eigenvalue weighted by atomic mass is 10.3. The molecule has 0 atom stereocenters. The summed E-state index contributed by atoms with van der Waals surface area (Å²) in [5.41, 5.74) is 0. The molecule has 0 amide bonds. The second kappa shape index (κ2) is 5.25. The van der Waals surface area contributed by atoms with Crippen LogP contribution in [0.2, 0.25) is 0 Å². The fraction of sp³-hybridized carbons (Fsp3) is 0.0714. The molecule has 0 saturated carbocycles. The zero-order chi connectivity index (χ0) is 12.1. The Kier molecular flexibility index (Phi) is 3.50. The van der Waals surface area contributed by atoms with E-state index in [0.29, 0.717) is 23.9 Å². The van der Waals surface area contributed by atoms with Gasteiger partial charge in [0.1, 0.15) is 11.5 Å². The first kappa shape index (κ1) is 11.3. The van der Waals surface area contributed by atoms with Crippen molar-refractivity contribution in [1.82, 2.24) is 0 Å². The predicted octanol–water partition coefficient (Wildman–Crippen LogP) is 3.40. The summed E-state index contributed by atoms with van der Waals surface area (Å²) in [5.74, 6) is 1.68. The molecule has 0 aliphatic rings. The van der Waals surface area contributed by atoms with Crippen molar-refractivity contribution in [3.63, 3.8) is 0 Å². The zero-order valence-corrected chi connectivity index (χ0v) is 9.30. The molecule has 1 N–H and O–H groups in total. The van der Waals surface area contributed by atoms with Gasteiger partial charge in [0, 0.05) is 6.07 Å². The van der Waals surface area contributed by atoms with Gasteiger partial charge in [-0.3, -0.25) is 0 Å². The smallest absolute Gasteiger partial charge is 0.169 e. The summed E-state index contributed by atoms with van der Waals surface area (Å²) in [6.07, 6.45) is 0. The second-order valence-corrected chi connectivity index (χ2v) is 3.39. The van der Waals surface area contributed by atoms with Crippen molar-refractivity contribution in [2.45, 2.75) is 0 Å². The molecular formula is C14H13O3. The van der Waals surface area contributed by atoms with Crippen molar-refractivity contribution in [1.29, 1.82) is 0 Å². The monoisotopic (exact) mass is 229 g/mol. The van der Waals surface area contributed by atoms with Crippen LogP contribution in [-0.2, 0) is 0 Å². The fourth-order valence-electron chi connectivity index (χ4n) is 1.41. The van der Waals surface area contributed by atoms with E-state index in [2.05, 4.69) is 6.92 Å². The molecule has 0 aromatic heterocycles. The van der Waals surface area contributed by atoms with Gasteiger partial charge in [-0.05, 0) is 31.2 Å². The first-order chi connectivity index (χ1) is 8.29. The number of hydrogen-bond acceptors (Lipinski definition) is 3. The third kappa shape index (κ3) is 2.91. The highest BCUT2D eigenvalue weighted by molar-refractivity contribution is 5.46. The van der Waals surface area contributed by atoms with E-state index in [1.54, 1.807) is 12.1 Å². The van der Waals surface area contributed by atoms with E-state index >= 15 is 0 Å². The van der Waals surface area contributed by atoms with Crippen LogP contribution in [0.15, 0.2) is 48.5 Å². The van der Waals surface area contributed by atoms with E-state index in [-0.39, 0.29) is 5.75 Å². The Bertz CT molecular complexity index is 480. The Morgan fingerprint density at radius 3 is 2.41 bits per heavy atom. The summed E-state index contributed by atoms with van der Waals surface area (Å²) < 4.78 is 10.7. The number of ether oxygens (including phenoxy) is 2. The van der Waals surface area contributed by atoms with Gasteiger partial charge in [-0.2, -0.15) is 0 Å². The third-order valence-corrected chi connectivity index (χ3v) is 2.17. The molecule has 0 heterocycles. The average molecular weight is 229 g/mol. The van der Waals surface area contributed by atoms with E-state index in [0.717, 1.165) is 0 Å². The highest BCUT2D eigenvalue weighted by Crippen LogP contribution is 2.33. The normalized spacial score (nSPS) is 9.94. The van der Waals surface area contributed by atoms with Crippen LogP contribution in [0.1, 0.15) is 0 Å². The van der Waals surface area contributed by atoms with Gasteiger partial charge in [0.05, 0.1) is 6.61 Å². The zero-order valence-electron chi connectivity index (χ0n) is 9.30. The number of phenolic OH excluding ortho intramolecular Hbond substituents is 1. The molecule has 0 fully saturated rings. The molecule has 0 aliphatic carbocycles. The number of para-hydroxylation sites is 1. The summed E-state index contributed by atoms with van der Waals surface area (Å²) >= 11 is 0. The standard InChI is InChI=1S/C14H13O3/c1-2-16-12-8-9-14(13(15)10-12)17-11-6-4-3-5-7-11/h3-10,15H,1-2H2. The second-order valence-electron chi connectivity index (χ2n) is 3.39. The Hall–Kier alpha value is -2.16. The Morgan fingerprint density at radius 2 is 1.76 bits per heavy atom. The molecule has 87 valence electrons. The molecule has 2 aromatic carbocycles. The van der Waals surface area contributed by atoms with Crippen molar-refractivity contribution in [2.75, 3.05) is 6.61 Å². The van der Waals surface area contributed by atoms with Gasteiger partial charge in [-0.25, -0.2) is 0 Å². The van der Waals surface area contributed by atoms with Crippen molar-refractivity contribution < 1.29 is 14.6 Å². The van der Waals surface area contributed by atoms with Gasteiger partial charge in [-0.15, -0.1) is 0 Å². The van der Waals surface area contributed by atoms with Gasteiger partial charge in [-0.1, -0.05) is 18.2 Å².